The molecule has 1 saturated heterocycles. The number of aliphatic hydroxyl groups is 2. The van der Waals surface area contributed by atoms with Gasteiger partial charge in [0.1, 0.15) is 11.4 Å². The molecule has 0 bridgehead atoms. The van der Waals surface area contributed by atoms with Gasteiger partial charge in [0.25, 0.3) is 0 Å². The number of benzene rings is 1. The number of aliphatic hydroxyl groups excluding tert-OH is 1. The Balaban J connectivity index is 1.52. The van der Waals surface area contributed by atoms with Crippen LogP contribution >= 0.6 is 0 Å². The number of imidazole rings is 1. The summed E-state index contributed by atoms with van der Waals surface area (Å²) in [4.78, 5) is 4.24. The van der Waals surface area contributed by atoms with Crippen molar-refractivity contribution in [2.75, 3.05) is 19.8 Å². The highest BCUT2D eigenvalue weighted by Gasteiger charge is 2.39. The van der Waals surface area contributed by atoms with Gasteiger partial charge in [-0.25, -0.2) is 4.98 Å². The van der Waals surface area contributed by atoms with Gasteiger partial charge in [0.15, 0.2) is 0 Å². The van der Waals surface area contributed by atoms with E-state index >= 15 is 0 Å². The molecule has 2 atom stereocenters. The molecule has 2 aromatic rings. The second kappa shape index (κ2) is 7.44. The molecule has 0 saturated carbocycles. The van der Waals surface area contributed by atoms with Crippen LogP contribution in [0.3, 0.4) is 0 Å². The lowest BCUT2D eigenvalue weighted by atomic mass is 9.96. The third-order valence-electron chi connectivity index (χ3n) is 4.59. The van der Waals surface area contributed by atoms with Crippen molar-refractivity contribution in [2.45, 2.75) is 38.1 Å². The first-order valence-corrected chi connectivity index (χ1v) is 8.31. The van der Waals surface area contributed by atoms with Crippen LogP contribution in [0.4, 0.5) is 0 Å². The van der Waals surface area contributed by atoms with E-state index < -0.39 is 11.7 Å². The monoisotopic (exact) mass is 331 g/mol. The first-order valence-electron chi connectivity index (χ1n) is 8.31. The molecular formula is C18H25N3O3. The first-order chi connectivity index (χ1) is 11.6. The minimum absolute atomic E-state index is 0.204. The highest BCUT2D eigenvalue weighted by molar-refractivity contribution is 5.24. The van der Waals surface area contributed by atoms with Crippen molar-refractivity contribution in [3.63, 3.8) is 0 Å². The van der Waals surface area contributed by atoms with Crippen molar-refractivity contribution in [3.05, 3.63) is 53.6 Å². The van der Waals surface area contributed by atoms with Gasteiger partial charge in [-0.3, -0.25) is 0 Å². The number of aryl methyl sites for hydroxylation is 1. The van der Waals surface area contributed by atoms with E-state index in [0.717, 1.165) is 17.9 Å². The Morgan fingerprint density at radius 1 is 1.42 bits per heavy atom. The zero-order chi connectivity index (χ0) is 17.0. The summed E-state index contributed by atoms with van der Waals surface area (Å²) in [6, 6.07) is 8.33. The van der Waals surface area contributed by atoms with Gasteiger partial charge in [-0.05, 0) is 18.1 Å². The molecule has 3 N–H and O–H groups in total. The number of nitrogens with one attached hydrogen (secondary N) is 1. The molecule has 1 fully saturated rings. The second-order valence-electron chi connectivity index (χ2n) is 6.48. The average molecular weight is 331 g/mol. The van der Waals surface area contributed by atoms with E-state index in [-0.39, 0.29) is 6.61 Å². The van der Waals surface area contributed by atoms with Gasteiger partial charge in [-0.15, -0.1) is 0 Å². The minimum atomic E-state index is -1.12. The molecule has 6 nitrogen and oxygen atoms in total. The highest BCUT2D eigenvalue weighted by Crippen LogP contribution is 2.22. The van der Waals surface area contributed by atoms with Gasteiger partial charge < -0.3 is 24.8 Å². The van der Waals surface area contributed by atoms with Crippen LogP contribution in [-0.4, -0.2) is 51.2 Å². The van der Waals surface area contributed by atoms with E-state index in [1.165, 1.54) is 5.56 Å². The summed E-state index contributed by atoms with van der Waals surface area (Å²) in [6.07, 6.45) is 3.44. The van der Waals surface area contributed by atoms with E-state index in [1.54, 1.807) is 6.20 Å². The third kappa shape index (κ3) is 4.02. The van der Waals surface area contributed by atoms with Crippen molar-refractivity contribution in [3.8, 4) is 0 Å². The predicted molar refractivity (Wildman–Crippen MR) is 90.6 cm³/mol. The molecule has 3 rings (SSSR count). The van der Waals surface area contributed by atoms with Crippen LogP contribution in [-0.2, 0) is 17.8 Å². The summed E-state index contributed by atoms with van der Waals surface area (Å²) in [6.45, 7) is 4.47. The van der Waals surface area contributed by atoms with Gasteiger partial charge in [0.2, 0.25) is 0 Å². The van der Waals surface area contributed by atoms with E-state index in [4.69, 9.17) is 4.74 Å². The number of ether oxygens (including phenoxy) is 1. The molecular weight excluding hydrogens is 306 g/mol. The molecule has 6 heteroatoms. The Labute approximate surface area is 142 Å². The molecule has 1 aromatic carbocycles. The maximum absolute atomic E-state index is 10.2. The maximum Gasteiger partial charge on any atom is 0.117 e. The SMILES string of the molecule is Cc1nccn1Cc1cccc(CNCC(O)C2(O)CCOC2)c1. The molecule has 0 aliphatic carbocycles. The Hall–Kier alpha value is -1.73. The molecule has 130 valence electrons. The summed E-state index contributed by atoms with van der Waals surface area (Å²) in [5.74, 6) is 0.994. The predicted octanol–water partition coefficient (Wildman–Crippen LogP) is 0.842. The lowest BCUT2D eigenvalue weighted by molar-refractivity contribution is -0.0748. The Kier molecular flexibility index (Phi) is 5.30. The number of rotatable bonds is 7. The average Bonchev–Trinajstić information content (AvgIpc) is 3.18. The summed E-state index contributed by atoms with van der Waals surface area (Å²) in [5, 5.41) is 23.6. The number of nitrogens with zero attached hydrogens (tertiary/aromatic N) is 2. The molecule has 0 radical (unpaired) electrons. The van der Waals surface area contributed by atoms with Crippen LogP contribution in [0.15, 0.2) is 36.7 Å². The van der Waals surface area contributed by atoms with Crippen LogP contribution < -0.4 is 5.32 Å². The van der Waals surface area contributed by atoms with Crippen LogP contribution in [0.1, 0.15) is 23.4 Å². The Bertz CT molecular complexity index is 665. The first kappa shape index (κ1) is 17.1. The molecule has 2 unspecified atom stereocenters. The van der Waals surface area contributed by atoms with Crippen molar-refractivity contribution in [1.29, 1.82) is 0 Å². The van der Waals surface area contributed by atoms with Gasteiger partial charge in [-0.1, -0.05) is 24.3 Å². The molecule has 0 spiro atoms. The second-order valence-corrected chi connectivity index (χ2v) is 6.48. The normalized spacial score (nSPS) is 22.0. The lowest BCUT2D eigenvalue weighted by Crippen LogP contribution is -2.48. The largest absolute Gasteiger partial charge is 0.389 e. The highest BCUT2D eigenvalue weighted by atomic mass is 16.5. The summed E-state index contributed by atoms with van der Waals surface area (Å²) < 4.78 is 7.28. The fourth-order valence-electron chi connectivity index (χ4n) is 2.98. The van der Waals surface area contributed by atoms with Crippen molar-refractivity contribution in [2.24, 2.45) is 0 Å². The summed E-state index contributed by atoms with van der Waals surface area (Å²) >= 11 is 0. The molecule has 24 heavy (non-hydrogen) atoms. The van der Waals surface area contributed by atoms with E-state index in [0.29, 0.717) is 26.1 Å². The standard InChI is InChI=1S/C18H25N3O3/c1-14-20-6-7-21(14)12-16-4-2-3-15(9-16)10-19-11-17(22)18(23)5-8-24-13-18/h2-4,6-7,9,17,19,22-23H,5,8,10-13H2,1H3. The van der Waals surface area contributed by atoms with Crippen LogP contribution in [0.2, 0.25) is 0 Å². The Morgan fingerprint density at radius 2 is 2.25 bits per heavy atom. The van der Waals surface area contributed by atoms with Gasteiger partial charge >= 0.3 is 0 Å². The van der Waals surface area contributed by atoms with Crippen LogP contribution in [0.25, 0.3) is 0 Å². The van der Waals surface area contributed by atoms with Gasteiger partial charge in [-0.2, -0.15) is 0 Å². The number of aromatic nitrogens is 2. The van der Waals surface area contributed by atoms with E-state index in [9.17, 15) is 10.2 Å². The quantitative estimate of drug-likeness (QED) is 0.701. The van der Waals surface area contributed by atoms with Crippen molar-refractivity contribution in [1.82, 2.24) is 14.9 Å². The Morgan fingerprint density at radius 3 is 2.96 bits per heavy atom. The van der Waals surface area contributed by atoms with Gasteiger partial charge in [0.05, 0.1) is 12.7 Å². The smallest absolute Gasteiger partial charge is 0.117 e. The third-order valence-corrected chi connectivity index (χ3v) is 4.59. The zero-order valence-electron chi connectivity index (χ0n) is 14.0. The fourth-order valence-corrected chi connectivity index (χ4v) is 2.98. The maximum atomic E-state index is 10.2. The van der Waals surface area contributed by atoms with Crippen LogP contribution in [0.5, 0.6) is 0 Å². The van der Waals surface area contributed by atoms with E-state index in [2.05, 4.69) is 33.1 Å². The molecule has 1 aliphatic rings. The summed E-state index contributed by atoms with van der Waals surface area (Å²) in [7, 11) is 0. The summed E-state index contributed by atoms with van der Waals surface area (Å²) in [5.41, 5.74) is 1.24. The zero-order valence-corrected chi connectivity index (χ0v) is 14.0. The lowest BCUT2D eigenvalue weighted by Gasteiger charge is -2.27. The topological polar surface area (TPSA) is 79.5 Å². The molecule has 1 aromatic heterocycles. The van der Waals surface area contributed by atoms with Crippen LogP contribution in [0, 0.1) is 6.92 Å². The molecule has 0 amide bonds. The molecule has 1 aliphatic heterocycles. The fraction of sp³-hybridized carbons (Fsp3) is 0.500. The number of hydrogen-bond acceptors (Lipinski definition) is 5. The minimum Gasteiger partial charge on any atom is -0.389 e. The van der Waals surface area contributed by atoms with E-state index in [1.807, 2.05) is 19.2 Å². The van der Waals surface area contributed by atoms with Crippen molar-refractivity contribution >= 4 is 0 Å². The van der Waals surface area contributed by atoms with Gasteiger partial charge in [0, 0.05) is 45.1 Å². The molecule has 2 heterocycles. The van der Waals surface area contributed by atoms with Crippen molar-refractivity contribution < 1.29 is 14.9 Å². The number of hydrogen-bond donors (Lipinski definition) is 3.